The molecule has 0 aromatic rings. The van der Waals surface area contributed by atoms with Crippen LogP contribution in [0.15, 0.2) is 0 Å². The summed E-state index contributed by atoms with van der Waals surface area (Å²) < 4.78 is 0. The van der Waals surface area contributed by atoms with Crippen molar-refractivity contribution in [2.45, 2.75) is 57.0 Å². The highest BCUT2D eigenvalue weighted by Crippen LogP contribution is 2.19. The quantitative estimate of drug-likeness (QED) is 0.748. The summed E-state index contributed by atoms with van der Waals surface area (Å²) in [7, 11) is 0. The van der Waals surface area contributed by atoms with Crippen molar-refractivity contribution in [2.24, 2.45) is 5.73 Å². The number of rotatable bonds is 5. The molecule has 98 valence electrons. The lowest BCUT2D eigenvalue weighted by atomic mass is 10.1. The summed E-state index contributed by atoms with van der Waals surface area (Å²) in [6.07, 6.45) is 8.02. The van der Waals surface area contributed by atoms with Gasteiger partial charge in [0.15, 0.2) is 0 Å². The molecule has 0 aromatic heterocycles. The monoisotopic (exact) mass is 239 g/mol. The van der Waals surface area contributed by atoms with Crippen molar-refractivity contribution in [1.82, 2.24) is 10.2 Å². The zero-order valence-electron chi connectivity index (χ0n) is 10.7. The molecular weight excluding hydrogens is 214 g/mol. The van der Waals surface area contributed by atoms with Crippen LogP contribution in [0.1, 0.15) is 44.9 Å². The van der Waals surface area contributed by atoms with E-state index in [1.165, 1.54) is 25.7 Å². The van der Waals surface area contributed by atoms with Crippen molar-refractivity contribution in [3.05, 3.63) is 0 Å². The number of hydrogen-bond donors (Lipinski definition) is 2. The lowest BCUT2D eigenvalue weighted by Gasteiger charge is -2.23. The first-order chi connectivity index (χ1) is 8.29. The highest BCUT2D eigenvalue weighted by Gasteiger charge is 2.23. The molecule has 1 aliphatic heterocycles. The summed E-state index contributed by atoms with van der Waals surface area (Å²) in [6.45, 7) is 2.45. The van der Waals surface area contributed by atoms with E-state index in [0.29, 0.717) is 19.0 Å². The van der Waals surface area contributed by atoms with Crippen LogP contribution in [0.3, 0.4) is 0 Å². The molecule has 1 unspecified atom stereocenters. The van der Waals surface area contributed by atoms with Crippen LogP contribution in [0.2, 0.25) is 0 Å². The fourth-order valence-electron chi connectivity index (χ4n) is 2.94. The van der Waals surface area contributed by atoms with Crippen LogP contribution < -0.4 is 11.1 Å². The molecule has 2 fully saturated rings. The van der Waals surface area contributed by atoms with Gasteiger partial charge in [0.05, 0.1) is 0 Å². The van der Waals surface area contributed by atoms with Crippen LogP contribution >= 0.6 is 0 Å². The van der Waals surface area contributed by atoms with Gasteiger partial charge in [-0.3, -0.25) is 4.79 Å². The van der Waals surface area contributed by atoms with E-state index in [1.807, 2.05) is 4.90 Å². The second-order valence-electron chi connectivity index (χ2n) is 5.37. The summed E-state index contributed by atoms with van der Waals surface area (Å²) in [6, 6.07) is 0.765. The minimum Gasteiger partial charge on any atom is -0.343 e. The first-order valence-corrected chi connectivity index (χ1v) is 7.03. The molecule has 1 atom stereocenters. The first kappa shape index (κ1) is 12.8. The SMILES string of the molecule is NCC(CC(=O)N1CCCC1)NC1CCCC1. The summed E-state index contributed by atoms with van der Waals surface area (Å²) >= 11 is 0. The average Bonchev–Trinajstić information content (AvgIpc) is 3.00. The maximum atomic E-state index is 12.0. The molecule has 0 aromatic carbocycles. The molecule has 1 amide bonds. The second kappa shape index (κ2) is 6.36. The number of nitrogens with one attached hydrogen (secondary N) is 1. The molecule has 4 nitrogen and oxygen atoms in total. The Bertz CT molecular complexity index is 245. The molecule has 1 saturated heterocycles. The second-order valence-corrected chi connectivity index (χ2v) is 5.37. The molecule has 2 rings (SSSR count). The van der Waals surface area contributed by atoms with Gasteiger partial charge in [-0.1, -0.05) is 12.8 Å². The van der Waals surface area contributed by atoms with Crippen molar-refractivity contribution in [2.75, 3.05) is 19.6 Å². The van der Waals surface area contributed by atoms with Crippen molar-refractivity contribution in [3.63, 3.8) is 0 Å². The Morgan fingerprint density at radius 3 is 2.47 bits per heavy atom. The Kier molecular flexibility index (Phi) is 4.80. The van der Waals surface area contributed by atoms with E-state index in [9.17, 15) is 4.79 Å². The third-order valence-electron chi connectivity index (χ3n) is 3.99. The van der Waals surface area contributed by atoms with E-state index in [1.54, 1.807) is 0 Å². The zero-order chi connectivity index (χ0) is 12.1. The predicted octanol–water partition coefficient (Wildman–Crippen LogP) is 0.858. The van der Waals surface area contributed by atoms with Crippen LogP contribution in [0.25, 0.3) is 0 Å². The molecular formula is C13H25N3O. The third-order valence-corrected chi connectivity index (χ3v) is 3.99. The number of carbonyl (C=O) groups is 1. The van der Waals surface area contributed by atoms with E-state index in [0.717, 1.165) is 25.9 Å². The smallest absolute Gasteiger partial charge is 0.224 e. The largest absolute Gasteiger partial charge is 0.343 e. The zero-order valence-corrected chi connectivity index (χ0v) is 10.7. The minimum absolute atomic E-state index is 0.172. The third kappa shape index (κ3) is 3.68. The fourth-order valence-corrected chi connectivity index (χ4v) is 2.94. The maximum Gasteiger partial charge on any atom is 0.224 e. The van der Waals surface area contributed by atoms with E-state index >= 15 is 0 Å². The van der Waals surface area contributed by atoms with Gasteiger partial charge in [-0.2, -0.15) is 0 Å². The van der Waals surface area contributed by atoms with E-state index in [2.05, 4.69) is 5.32 Å². The lowest BCUT2D eigenvalue weighted by Crippen LogP contribution is -2.45. The van der Waals surface area contributed by atoms with Crippen LogP contribution in [0.5, 0.6) is 0 Å². The molecule has 0 radical (unpaired) electrons. The maximum absolute atomic E-state index is 12.0. The van der Waals surface area contributed by atoms with Gasteiger partial charge in [0.1, 0.15) is 0 Å². The molecule has 1 aliphatic carbocycles. The van der Waals surface area contributed by atoms with Gasteiger partial charge in [-0.25, -0.2) is 0 Å². The van der Waals surface area contributed by atoms with Gasteiger partial charge in [0.25, 0.3) is 0 Å². The predicted molar refractivity (Wildman–Crippen MR) is 68.7 cm³/mol. The molecule has 0 bridgehead atoms. The van der Waals surface area contributed by atoms with Gasteiger partial charge < -0.3 is 16.0 Å². The normalized spacial score (nSPS) is 23.2. The Morgan fingerprint density at radius 1 is 1.24 bits per heavy atom. The first-order valence-electron chi connectivity index (χ1n) is 7.03. The molecule has 0 spiro atoms. The average molecular weight is 239 g/mol. The number of nitrogens with zero attached hydrogens (tertiary/aromatic N) is 1. The summed E-state index contributed by atoms with van der Waals surface area (Å²) in [5, 5.41) is 3.55. The summed E-state index contributed by atoms with van der Waals surface area (Å²) in [5.74, 6) is 0.281. The number of hydrogen-bond acceptors (Lipinski definition) is 3. The van der Waals surface area contributed by atoms with E-state index in [4.69, 9.17) is 5.73 Å². The Balaban J connectivity index is 1.75. The van der Waals surface area contributed by atoms with Crippen molar-refractivity contribution in [1.29, 1.82) is 0 Å². The molecule has 1 heterocycles. The lowest BCUT2D eigenvalue weighted by molar-refractivity contribution is -0.130. The van der Waals surface area contributed by atoms with Crippen LogP contribution in [0.4, 0.5) is 0 Å². The Labute approximate surface area is 104 Å². The van der Waals surface area contributed by atoms with Gasteiger partial charge in [-0.15, -0.1) is 0 Å². The highest BCUT2D eigenvalue weighted by molar-refractivity contribution is 5.77. The van der Waals surface area contributed by atoms with Crippen molar-refractivity contribution < 1.29 is 4.79 Å². The topological polar surface area (TPSA) is 58.4 Å². The molecule has 1 saturated carbocycles. The van der Waals surface area contributed by atoms with Crippen molar-refractivity contribution >= 4 is 5.91 Å². The Hall–Kier alpha value is -0.610. The van der Waals surface area contributed by atoms with Crippen LogP contribution in [0, 0.1) is 0 Å². The number of carbonyl (C=O) groups excluding carboxylic acids is 1. The molecule has 17 heavy (non-hydrogen) atoms. The number of nitrogens with two attached hydrogens (primary N) is 1. The Morgan fingerprint density at radius 2 is 1.88 bits per heavy atom. The number of amides is 1. The van der Waals surface area contributed by atoms with Gasteiger partial charge in [0.2, 0.25) is 5.91 Å². The van der Waals surface area contributed by atoms with Gasteiger partial charge in [-0.05, 0) is 25.7 Å². The summed E-state index contributed by atoms with van der Waals surface area (Å²) in [4.78, 5) is 14.0. The van der Waals surface area contributed by atoms with Gasteiger partial charge in [0, 0.05) is 38.1 Å². The molecule has 3 N–H and O–H groups in total. The van der Waals surface area contributed by atoms with E-state index < -0.39 is 0 Å². The highest BCUT2D eigenvalue weighted by atomic mass is 16.2. The molecule has 4 heteroatoms. The minimum atomic E-state index is 0.172. The van der Waals surface area contributed by atoms with Gasteiger partial charge >= 0.3 is 0 Å². The van der Waals surface area contributed by atoms with Crippen LogP contribution in [-0.2, 0) is 4.79 Å². The van der Waals surface area contributed by atoms with E-state index in [-0.39, 0.29) is 11.9 Å². The summed E-state index contributed by atoms with van der Waals surface area (Å²) in [5.41, 5.74) is 5.76. The van der Waals surface area contributed by atoms with Crippen LogP contribution in [-0.4, -0.2) is 42.5 Å². The molecule has 2 aliphatic rings. The number of likely N-dealkylation sites (tertiary alicyclic amines) is 1. The fraction of sp³-hybridized carbons (Fsp3) is 0.923. The standard InChI is InChI=1S/C13H25N3O/c14-10-12(15-11-5-1-2-6-11)9-13(17)16-7-3-4-8-16/h11-12,15H,1-10,14H2. The van der Waals surface area contributed by atoms with Crippen molar-refractivity contribution in [3.8, 4) is 0 Å².